The first-order chi connectivity index (χ1) is 11.1. The molecule has 1 fully saturated rings. The van der Waals surface area contributed by atoms with E-state index >= 15 is 0 Å². The first kappa shape index (κ1) is 15.8. The van der Waals surface area contributed by atoms with Gasteiger partial charge in [-0.05, 0) is 48.2 Å². The van der Waals surface area contributed by atoms with Crippen molar-refractivity contribution < 1.29 is 19.3 Å². The summed E-state index contributed by atoms with van der Waals surface area (Å²) in [5.74, 6) is -0.832. The molecule has 0 radical (unpaired) electrons. The molecule has 120 valence electrons. The molecular formula is C17H18FN2O2S+. The number of nitrogens with zero attached hydrogens (tertiary/aromatic N) is 1. The minimum absolute atomic E-state index is 0.194. The van der Waals surface area contributed by atoms with E-state index in [1.807, 2.05) is 5.32 Å². The third kappa shape index (κ3) is 3.33. The lowest BCUT2D eigenvalue weighted by Gasteiger charge is -2.14. The number of carbonyl (C=O) groups excluding carboxylic acids is 2. The fraction of sp³-hybridized carbons (Fsp3) is 0.294. The maximum Gasteiger partial charge on any atom is 0.292 e. The van der Waals surface area contributed by atoms with Crippen LogP contribution in [0.5, 0.6) is 0 Å². The maximum atomic E-state index is 13.0. The predicted octanol–water partition coefficient (Wildman–Crippen LogP) is 1.63. The van der Waals surface area contributed by atoms with Crippen molar-refractivity contribution in [2.24, 2.45) is 0 Å². The summed E-state index contributed by atoms with van der Waals surface area (Å²) < 4.78 is 13.0. The number of nitrogens with two attached hydrogens (primary N) is 1. The quantitative estimate of drug-likeness (QED) is 0.846. The van der Waals surface area contributed by atoms with Crippen molar-refractivity contribution in [3.8, 4) is 0 Å². The topological polar surface area (TPSA) is 54.0 Å². The van der Waals surface area contributed by atoms with Crippen molar-refractivity contribution in [3.63, 3.8) is 0 Å². The molecule has 1 aliphatic heterocycles. The summed E-state index contributed by atoms with van der Waals surface area (Å²) in [6.07, 6.45) is 1.08. The number of imide groups is 1. The Balaban J connectivity index is 1.62. The first-order valence-corrected chi connectivity index (χ1v) is 8.43. The van der Waals surface area contributed by atoms with Crippen molar-refractivity contribution >= 4 is 28.8 Å². The van der Waals surface area contributed by atoms with Crippen LogP contribution in [-0.2, 0) is 16.0 Å². The number of aryl methyl sites for hydroxylation is 1. The van der Waals surface area contributed by atoms with E-state index in [0.29, 0.717) is 5.69 Å². The summed E-state index contributed by atoms with van der Waals surface area (Å²) in [4.78, 5) is 27.0. The predicted molar refractivity (Wildman–Crippen MR) is 86.9 cm³/mol. The molecule has 1 aliphatic rings. The second-order valence-electron chi connectivity index (χ2n) is 5.66. The number of carbonyl (C=O) groups is 2. The Morgan fingerprint density at radius 3 is 2.65 bits per heavy atom. The van der Waals surface area contributed by atoms with Crippen LogP contribution >= 0.6 is 11.3 Å². The third-order valence-electron chi connectivity index (χ3n) is 4.06. The molecule has 2 N–H and O–H groups in total. The lowest BCUT2D eigenvalue weighted by molar-refractivity contribution is -0.674. The third-order valence-corrected chi connectivity index (χ3v) is 5.14. The molecule has 2 aromatic rings. The molecule has 1 saturated heterocycles. The molecule has 0 aliphatic carbocycles. The molecule has 23 heavy (non-hydrogen) atoms. The van der Waals surface area contributed by atoms with Gasteiger partial charge < -0.3 is 5.32 Å². The Morgan fingerprint density at radius 1 is 1.26 bits per heavy atom. The summed E-state index contributed by atoms with van der Waals surface area (Å²) in [7, 11) is 0. The number of benzene rings is 1. The van der Waals surface area contributed by atoms with Crippen LogP contribution in [0.3, 0.4) is 0 Å². The molecule has 0 unspecified atom stereocenters. The summed E-state index contributed by atoms with van der Waals surface area (Å²) in [5.41, 5.74) is 1.71. The zero-order valence-electron chi connectivity index (χ0n) is 12.8. The highest BCUT2D eigenvalue weighted by Crippen LogP contribution is 2.22. The van der Waals surface area contributed by atoms with Crippen LogP contribution in [0.15, 0.2) is 35.7 Å². The molecular weight excluding hydrogens is 315 g/mol. The van der Waals surface area contributed by atoms with Crippen LogP contribution < -0.4 is 10.2 Å². The number of amides is 2. The minimum Gasteiger partial charge on any atom is -0.335 e. The Labute approximate surface area is 137 Å². The van der Waals surface area contributed by atoms with Crippen molar-refractivity contribution in [3.05, 3.63) is 52.0 Å². The molecule has 6 heteroatoms. The van der Waals surface area contributed by atoms with E-state index in [1.165, 1.54) is 34.7 Å². The highest BCUT2D eigenvalue weighted by Gasteiger charge is 2.42. The van der Waals surface area contributed by atoms with E-state index in [1.54, 1.807) is 11.3 Å². The van der Waals surface area contributed by atoms with Crippen LogP contribution in [0.25, 0.3) is 0 Å². The van der Waals surface area contributed by atoms with Crippen LogP contribution in [-0.4, -0.2) is 24.4 Å². The van der Waals surface area contributed by atoms with Gasteiger partial charge in [0.15, 0.2) is 6.04 Å². The number of hydrogen-bond donors (Lipinski definition) is 1. The number of rotatable bonds is 5. The SMILES string of the molecule is Cc1ccsc1CC[NH2+][C@H]1CC(=O)N(c2ccc(F)cc2)C1=O. The zero-order chi connectivity index (χ0) is 16.4. The zero-order valence-corrected chi connectivity index (χ0v) is 13.6. The van der Waals surface area contributed by atoms with Crippen molar-refractivity contribution in [1.29, 1.82) is 0 Å². The van der Waals surface area contributed by atoms with Crippen LogP contribution in [0.1, 0.15) is 16.9 Å². The molecule has 0 saturated carbocycles. The molecule has 0 bridgehead atoms. The smallest absolute Gasteiger partial charge is 0.292 e. The lowest BCUT2D eigenvalue weighted by Crippen LogP contribution is -2.92. The standard InChI is InChI=1S/C17H17FN2O2S/c1-11-7-9-23-15(11)6-8-19-14-10-16(21)20(17(14)22)13-4-2-12(18)3-5-13/h2-5,7,9,14,19H,6,8,10H2,1H3/p+1/t14-/m0/s1. The summed E-state index contributed by atoms with van der Waals surface area (Å²) in [6.45, 7) is 2.84. The maximum absolute atomic E-state index is 13.0. The Kier molecular flexibility index (Phi) is 4.54. The van der Waals surface area contributed by atoms with Crippen LogP contribution in [0.2, 0.25) is 0 Å². The van der Waals surface area contributed by atoms with Gasteiger partial charge in [0.25, 0.3) is 5.91 Å². The van der Waals surface area contributed by atoms with Crippen molar-refractivity contribution in [1.82, 2.24) is 0 Å². The van der Waals surface area contributed by atoms with Gasteiger partial charge in [-0.15, -0.1) is 11.3 Å². The van der Waals surface area contributed by atoms with Crippen molar-refractivity contribution in [2.75, 3.05) is 11.4 Å². The van der Waals surface area contributed by atoms with Crippen LogP contribution in [0.4, 0.5) is 10.1 Å². The number of halogens is 1. The van der Waals surface area contributed by atoms with E-state index < -0.39 is 0 Å². The Hall–Kier alpha value is -2.05. The van der Waals surface area contributed by atoms with Crippen molar-refractivity contribution in [2.45, 2.75) is 25.8 Å². The molecule has 4 nitrogen and oxygen atoms in total. The average Bonchev–Trinajstić information content (AvgIpc) is 3.05. The number of quaternary nitrogens is 1. The molecule has 0 spiro atoms. The van der Waals surface area contributed by atoms with E-state index in [0.717, 1.165) is 17.9 Å². The highest BCUT2D eigenvalue weighted by molar-refractivity contribution is 7.10. The van der Waals surface area contributed by atoms with Gasteiger partial charge in [0, 0.05) is 11.3 Å². The van der Waals surface area contributed by atoms with E-state index in [-0.39, 0.29) is 30.1 Å². The summed E-state index contributed by atoms with van der Waals surface area (Å²) in [6, 6.07) is 7.14. The fourth-order valence-corrected chi connectivity index (χ4v) is 3.70. The molecule has 2 amide bonds. The van der Waals surface area contributed by atoms with Gasteiger partial charge in [-0.25, -0.2) is 9.29 Å². The molecule has 1 aromatic carbocycles. The normalized spacial score (nSPS) is 18.0. The molecule has 2 heterocycles. The fourth-order valence-electron chi connectivity index (χ4n) is 2.78. The second-order valence-corrected chi connectivity index (χ2v) is 6.66. The number of hydrogen-bond acceptors (Lipinski definition) is 3. The van der Waals surface area contributed by atoms with Gasteiger partial charge in [0.05, 0.1) is 18.7 Å². The first-order valence-electron chi connectivity index (χ1n) is 7.55. The van der Waals surface area contributed by atoms with E-state index in [4.69, 9.17) is 0 Å². The molecule has 3 rings (SSSR count). The van der Waals surface area contributed by atoms with Crippen LogP contribution in [0, 0.1) is 12.7 Å². The second kappa shape index (κ2) is 6.60. The Morgan fingerprint density at radius 2 is 2.00 bits per heavy atom. The van der Waals surface area contributed by atoms with Gasteiger partial charge in [0.2, 0.25) is 5.91 Å². The van der Waals surface area contributed by atoms with Gasteiger partial charge in [-0.3, -0.25) is 9.59 Å². The minimum atomic E-state index is -0.387. The summed E-state index contributed by atoms with van der Waals surface area (Å²) >= 11 is 1.71. The highest BCUT2D eigenvalue weighted by atomic mass is 32.1. The van der Waals surface area contributed by atoms with Gasteiger partial charge in [-0.2, -0.15) is 0 Å². The number of thiophene rings is 1. The molecule has 1 atom stereocenters. The van der Waals surface area contributed by atoms with Gasteiger partial charge >= 0.3 is 0 Å². The monoisotopic (exact) mass is 333 g/mol. The number of anilines is 1. The van der Waals surface area contributed by atoms with Gasteiger partial charge in [-0.1, -0.05) is 0 Å². The largest absolute Gasteiger partial charge is 0.335 e. The summed E-state index contributed by atoms with van der Waals surface area (Å²) in [5, 5.41) is 3.99. The average molecular weight is 333 g/mol. The Bertz CT molecular complexity index is 726. The van der Waals surface area contributed by atoms with E-state index in [2.05, 4.69) is 18.4 Å². The van der Waals surface area contributed by atoms with E-state index in [9.17, 15) is 14.0 Å². The lowest BCUT2D eigenvalue weighted by atomic mass is 10.2. The molecule has 1 aromatic heterocycles. The van der Waals surface area contributed by atoms with Gasteiger partial charge in [0.1, 0.15) is 5.82 Å².